The highest BCUT2D eigenvalue weighted by Gasteiger charge is 2.26. The van der Waals surface area contributed by atoms with Gasteiger partial charge in [-0.3, -0.25) is 9.69 Å². The van der Waals surface area contributed by atoms with Gasteiger partial charge in [-0.2, -0.15) is 0 Å². The van der Waals surface area contributed by atoms with E-state index in [0.29, 0.717) is 11.4 Å². The van der Waals surface area contributed by atoms with Gasteiger partial charge in [-0.05, 0) is 61.6 Å². The van der Waals surface area contributed by atoms with Crippen molar-refractivity contribution in [1.29, 1.82) is 0 Å². The summed E-state index contributed by atoms with van der Waals surface area (Å²) in [6, 6.07) is 10.3. The molecule has 25 heavy (non-hydrogen) atoms. The Kier molecular flexibility index (Phi) is 4.55. The largest absolute Gasteiger partial charge is 0.468 e. The summed E-state index contributed by atoms with van der Waals surface area (Å²) in [5.41, 5.74) is 0. The summed E-state index contributed by atoms with van der Waals surface area (Å²) >= 11 is 1.31. The fourth-order valence-electron chi connectivity index (χ4n) is 3.34. The SMILES string of the molecule is O=C(NCC(c1ccco1)N1CCCC1)c1cc2ccc(F)cc2s1. The van der Waals surface area contributed by atoms with Crippen LogP contribution in [0.2, 0.25) is 0 Å². The average Bonchev–Trinajstić information content (AvgIpc) is 3.36. The minimum atomic E-state index is -0.284. The van der Waals surface area contributed by atoms with Gasteiger partial charge in [0.25, 0.3) is 5.91 Å². The van der Waals surface area contributed by atoms with Gasteiger partial charge in [0.15, 0.2) is 0 Å². The number of fused-ring (bicyclic) bond motifs is 1. The molecule has 1 atom stereocenters. The highest BCUT2D eigenvalue weighted by atomic mass is 32.1. The van der Waals surface area contributed by atoms with E-state index in [1.54, 1.807) is 12.3 Å². The van der Waals surface area contributed by atoms with E-state index in [1.807, 2.05) is 18.2 Å². The highest BCUT2D eigenvalue weighted by Crippen LogP contribution is 2.27. The van der Waals surface area contributed by atoms with Crippen LogP contribution in [0.4, 0.5) is 4.39 Å². The van der Waals surface area contributed by atoms with E-state index in [1.165, 1.54) is 36.3 Å². The van der Waals surface area contributed by atoms with Gasteiger partial charge in [0, 0.05) is 11.2 Å². The summed E-state index contributed by atoms with van der Waals surface area (Å²) < 4.78 is 19.7. The lowest BCUT2D eigenvalue weighted by Gasteiger charge is -2.25. The number of carbonyl (C=O) groups is 1. The van der Waals surface area contributed by atoms with Gasteiger partial charge in [0.1, 0.15) is 11.6 Å². The molecule has 1 amide bonds. The Balaban J connectivity index is 1.48. The third-order valence-corrected chi connectivity index (χ3v) is 5.71. The number of likely N-dealkylation sites (tertiary alicyclic amines) is 1. The molecule has 0 saturated carbocycles. The van der Waals surface area contributed by atoms with Crippen LogP contribution in [0.15, 0.2) is 47.1 Å². The Hall–Kier alpha value is -2.18. The van der Waals surface area contributed by atoms with Gasteiger partial charge in [-0.1, -0.05) is 6.07 Å². The molecule has 2 aromatic heterocycles. The van der Waals surface area contributed by atoms with Crippen LogP contribution < -0.4 is 5.32 Å². The molecule has 4 rings (SSSR count). The first kappa shape index (κ1) is 16.3. The average molecular weight is 358 g/mol. The zero-order chi connectivity index (χ0) is 17.2. The van der Waals surface area contributed by atoms with E-state index in [2.05, 4.69) is 10.2 Å². The van der Waals surface area contributed by atoms with Crippen molar-refractivity contribution in [2.24, 2.45) is 0 Å². The molecule has 6 heteroatoms. The highest BCUT2D eigenvalue weighted by molar-refractivity contribution is 7.20. The Morgan fingerprint density at radius 3 is 2.88 bits per heavy atom. The predicted octanol–water partition coefficient (Wildman–Crippen LogP) is 4.20. The number of nitrogens with zero attached hydrogens (tertiary/aromatic N) is 1. The van der Waals surface area contributed by atoms with E-state index in [9.17, 15) is 9.18 Å². The predicted molar refractivity (Wildman–Crippen MR) is 96.4 cm³/mol. The van der Waals surface area contributed by atoms with Crippen LogP contribution in [0.25, 0.3) is 10.1 Å². The molecule has 1 saturated heterocycles. The molecule has 3 heterocycles. The molecule has 1 fully saturated rings. The van der Waals surface area contributed by atoms with Gasteiger partial charge in [-0.25, -0.2) is 4.39 Å². The summed E-state index contributed by atoms with van der Waals surface area (Å²) in [6.07, 6.45) is 4.01. The lowest BCUT2D eigenvalue weighted by Crippen LogP contribution is -2.36. The molecule has 1 aliphatic heterocycles. The van der Waals surface area contributed by atoms with Crippen molar-refractivity contribution in [2.75, 3.05) is 19.6 Å². The number of hydrogen-bond acceptors (Lipinski definition) is 4. The summed E-state index contributed by atoms with van der Waals surface area (Å²) in [4.78, 5) is 15.5. The molecular formula is C19H19FN2O2S. The number of amides is 1. The Labute approximate surface area is 149 Å². The molecule has 4 nitrogen and oxygen atoms in total. The van der Waals surface area contributed by atoms with Crippen LogP contribution in [-0.4, -0.2) is 30.4 Å². The smallest absolute Gasteiger partial charge is 0.261 e. The van der Waals surface area contributed by atoms with Crippen LogP contribution in [0, 0.1) is 5.82 Å². The first-order valence-electron chi connectivity index (χ1n) is 8.45. The number of carbonyl (C=O) groups excluding carboxylic acids is 1. The van der Waals surface area contributed by atoms with Crippen LogP contribution >= 0.6 is 11.3 Å². The molecule has 1 aromatic carbocycles. The van der Waals surface area contributed by atoms with E-state index in [-0.39, 0.29) is 17.8 Å². The second kappa shape index (κ2) is 6.98. The summed E-state index contributed by atoms with van der Waals surface area (Å²) in [5, 5.41) is 3.90. The number of nitrogens with one attached hydrogen (secondary N) is 1. The van der Waals surface area contributed by atoms with E-state index >= 15 is 0 Å². The minimum Gasteiger partial charge on any atom is -0.468 e. The Morgan fingerprint density at radius 2 is 2.12 bits per heavy atom. The third kappa shape index (κ3) is 3.45. The van der Waals surface area contributed by atoms with Gasteiger partial charge in [0.2, 0.25) is 0 Å². The van der Waals surface area contributed by atoms with Crippen molar-refractivity contribution in [3.05, 3.63) is 59.1 Å². The molecule has 130 valence electrons. The van der Waals surface area contributed by atoms with Crippen molar-refractivity contribution in [3.63, 3.8) is 0 Å². The molecule has 0 radical (unpaired) electrons. The van der Waals surface area contributed by atoms with E-state index < -0.39 is 0 Å². The monoisotopic (exact) mass is 358 g/mol. The summed E-state index contributed by atoms with van der Waals surface area (Å²) in [5.74, 6) is 0.464. The fraction of sp³-hybridized carbons (Fsp3) is 0.316. The molecule has 1 aliphatic rings. The van der Waals surface area contributed by atoms with Crippen LogP contribution in [0.5, 0.6) is 0 Å². The number of furan rings is 1. The van der Waals surface area contributed by atoms with Crippen LogP contribution in [0.3, 0.4) is 0 Å². The zero-order valence-electron chi connectivity index (χ0n) is 13.7. The Morgan fingerprint density at radius 1 is 1.28 bits per heavy atom. The lowest BCUT2D eigenvalue weighted by atomic mass is 10.2. The van der Waals surface area contributed by atoms with Crippen molar-refractivity contribution in [3.8, 4) is 0 Å². The van der Waals surface area contributed by atoms with Gasteiger partial charge >= 0.3 is 0 Å². The topological polar surface area (TPSA) is 45.5 Å². The van der Waals surface area contributed by atoms with E-state index in [0.717, 1.165) is 28.9 Å². The fourth-order valence-corrected chi connectivity index (χ4v) is 4.34. The Bertz CT molecular complexity index is 869. The molecule has 3 aromatic rings. The van der Waals surface area contributed by atoms with Crippen molar-refractivity contribution < 1.29 is 13.6 Å². The number of thiophene rings is 1. The first-order valence-corrected chi connectivity index (χ1v) is 9.27. The summed E-state index contributed by atoms with van der Waals surface area (Å²) in [7, 11) is 0. The summed E-state index contributed by atoms with van der Waals surface area (Å²) in [6.45, 7) is 2.53. The zero-order valence-corrected chi connectivity index (χ0v) is 14.5. The third-order valence-electron chi connectivity index (χ3n) is 4.61. The lowest BCUT2D eigenvalue weighted by molar-refractivity contribution is 0.0938. The molecule has 1 unspecified atom stereocenters. The van der Waals surface area contributed by atoms with Gasteiger partial charge in [0.05, 0.1) is 17.2 Å². The maximum atomic E-state index is 13.3. The number of halogens is 1. The van der Waals surface area contributed by atoms with Crippen molar-refractivity contribution >= 4 is 27.3 Å². The quantitative estimate of drug-likeness (QED) is 0.743. The molecular weight excluding hydrogens is 339 g/mol. The molecule has 0 aliphatic carbocycles. The van der Waals surface area contributed by atoms with Gasteiger partial charge < -0.3 is 9.73 Å². The maximum Gasteiger partial charge on any atom is 0.261 e. The second-order valence-corrected chi connectivity index (χ2v) is 7.36. The normalized spacial score (nSPS) is 16.4. The van der Waals surface area contributed by atoms with Crippen LogP contribution in [0.1, 0.15) is 34.3 Å². The van der Waals surface area contributed by atoms with Crippen LogP contribution in [-0.2, 0) is 0 Å². The van der Waals surface area contributed by atoms with Crippen molar-refractivity contribution in [1.82, 2.24) is 10.2 Å². The van der Waals surface area contributed by atoms with Crippen molar-refractivity contribution in [2.45, 2.75) is 18.9 Å². The molecule has 1 N–H and O–H groups in total. The first-order chi connectivity index (χ1) is 12.2. The number of hydrogen-bond donors (Lipinski definition) is 1. The standard InChI is InChI=1S/C19H19FN2O2S/c20-14-6-5-13-10-18(25-17(13)11-14)19(23)21-12-15(16-4-3-9-24-16)22-7-1-2-8-22/h3-6,9-11,15H,1-2,7-8,12H2,(H,21,23). The molecule has 0 bridgehead atoms. The minimum absolute atomic E-state index is 0.0493. The van der Waals surface area contributed by atoms with Gasteiger partial charge in [-0.15, -0.1) is 11.3 Å². The maximum absolute atomic E-state index is 13.3. The van der Waals surface area contributed by atoms with E-state index in [4.69, 9.17) is 4.42 Å². The second-order valence-electron chi connectivity index (χ2n) is 6.28. The number of benzene rings is 1. The molecule has 0 spiro atoms. The number of rotatable bonds is 5.